The predicted octanol–water partition coefficient (Wildman–Crippen LogP) is 1.89. The van der Waals surface area contributed by atoms with E-state index in [4.69, 9.17) is 4.52 Å². The summed E-state index contributed by atoms with van der Waals surface area (Å²) in [7, 11) is 0. The third-order valence-corrected chi connectivity index (χ3v) is 3.61. The largest absolute Gasteiger partial charge is 0.359 e. The maximum absolute atomic E-state index is 11.8. The van der Waals surface area contributed by atoms with Gasteiger partial charge in [-0.1, -0.05) is 22.3 Å². The number of hydrogen-bond acceptors (Lipinski definition) is 4. The first-order valence-corrected chi connectivity index (χ1v) is 7.14. The van der Waals surface area contributed by atoms with E-state index >= 15 is 0 Å². The molecule has 5 nitrogen and oxygen atoms in total. The van der Waals surface area contributed by atoms with Crippen LogP contribution in [0.1, 0.15) is 16.9 Å². The van der Waals surface area contributed by atoms with Gasteiger partial charge in [-0.05, 0) is 26.0 Å². The minimum atomic E-state index is 0.102. The molecule has 21 heavy (non-hydrogen) atoms. The molecule has 0 atom stereocenters. The average molecular weight is 285 g/mol. The number of aryl methyl sites for hydroxylation is 2. The van der Waals surface area contributed by atoms with Crippen molar-refractivity contribution in [3.8, 4) is 11.3 Å². The van der Waals surface area contributed by atoms with Crippen molar-refractivity contribution in [2.24, 2.45) is 0 Å². The van der Waals surface area contributed by atoms with Gasteiger partial charge in [-0.3, -0.25) is 4.79 Å². The van der Waals surface area contributed by atoms with Crippen LogP contribution in [0, 0.1) is 13.8 Å². The lowest BCUT2D eigenvalue weighted by atomic mass is 10.1. The number of amides is 1. The highest BCUT2D eigenvalue weighted by molar-refractivity contribution is 5.79. The number of carbonyl (C=O) groups excluding carboxylic acids is 1. The molecule has 1 fully saturated rings. The smallest absolute Gasteiger partial charge is 0.236 e. The molecule has 3 rings (SSSR count). The molecule has 1 N–H and O–H groups in total. The van der Waals surface area contributed by atoms with Gasteiger partial charge in [0.25, 0.3) is 0 Å². The summed E-state index contributed by atoms with van der Waals surface area (Å²) >= 11 is 0. The van der Waals surface area contributed by atoms with Crippen LogP contribution in [0.5, 0.6) is 0 Å². The highest BCUT2D eigenvalue weighted by atomic mass is 16.5. The van der Waals surface area contributed by atoms with E-state index in [1.54, 1.807) is 4.90 Å². The number of benzene rings is 1. The van der Waals surface area contributed by atoms with Crippen LogP contribution in [0.15, 0.2) is 28.8 Å². The lowest BCUT2D eigenvalue weighted by molar-refractivity contribution is -0.132. The van der Waals surface area contributed by atoms with Crippen LogP contribution < -0.4 is 5.32 Å². The Morgan fingerprint density at radius 3 is 2.71 bits per heavy atom. The maximum Gasteiger partial charge on any atom is 0.236 e. The molecule has 0 spiro atoms. The van der Waals surface area contributed by atoms with Crippen LogP contribution in [-0.4, -0.2) is 35.6 Å². The Morgan fingerprint density at radius 2 is 2.00 bits per heavy atom. The zero-order valence-corrected chi connectivity index (χ0v) is 12.3. The number of nitrogens with one attached hydrogen (secondary N) is 1. The number of hydrogen-bond donors (Lipinski definition) is 1. The molecule has 110 valence electrons. The molecule has 1 aliphatic heterocycles. The fourth-order valence-corrected chi connectivity index (χ4v) is 2.65. The molecule has 0 bridgehead atoms. The van der Waals surface area contributed by atoms with Crippen molar-refractivity contribution in [2.75, 3.05) is 19.6 Å². The van der Waals surface area contributed by atoms with Gasteiger partial charge in [-0.2, -0.15) is 0 Å². The topological polar surface area (TPSA) is 58.4 Å². The summed E-state index contributed by atoms with van der Waals surface area (Å²) in [4.78, 5) is 13.6. The predicted molar refractivity (Wildman–Crippen MR) is 79.7 cm³/mol. The van der Waals surface area contributed by atoms with Crippen molar-refractivity contribution < 1.29 is 9.32 Å². The molecule has 1 aromatic carbocycles. The second-order valence-corrected chi connectivity index (χ2v) is 5.55. The molecule has 0 saturated carbocycles. The van der Waals surface area contributed by atoms with Crippen LogP contribution in [0.4, 0.5) is 0 Å². The van der Waals surface area contributed by atoms with Gasteiger partial charge >= 0.3 is 0 Å². The Bertz CT molecular complexity index is 643. The van der Waals surface area contributed by atoms with Gasteiger partial charge in [0, 0.05) is 24.7 Å². The van der Waals surface area contributed by atoms with E-state index in [9.17, 15) is 4.79 Å². The Labute approximate surface area is 123 Å². The van der Waals surface area contributed by atoms with E-state index in [-0.39, 0.29) is 5.91 Å². The third kappa shape index (κ3) is 3.13. The van der Waals surface area contributed by atoms with E-state index in [2.05, 4.69) is 42.5 Å². The van der Waals surface area contributed by atoms with E-state index in [1.807, 2.05) is 6.07 Å². The van der Waals surface area contributed by atoms with Crippen molar-refractivity contribution >= 4 is 5.91 Å². The van der Waals surface area contributed by atoms with Crippen molar-refractivity contribution in [3.63, 3.8) is 0 Å². The minimum absolute atomic E-state index is 0.102. The summed E-state index contributed by atoms with van der Waals surface area (Å²) in [6.45, 7) is 6.55. The van der Waals surface area contributed by atoms with Crippen LogP contribution in [-0.2, 0) is 11.3 Å². The SMILES string of the molecule is Cc1cc(C)cc(-c2cc(CN3CCNCC3=O)on2)c1. The van der Waals surface area contributed by atoms with Gasteiger partial charge in [-0.15, -0.1) is 0 Å². The number of piperazine rings is 1. The molecule has 0 unspecified atom stereocenters. The molecule has 0 radical (unpaired) electrons. The van der Waals surface area contributed by atoms with Crippen molar-refractivity contribution in [3.05, 3.63) is 41.2 Å². The fourth-order valence-electron chi connectivity index (χ4n) is 2.65. The van der Waals surface area contributed by atoms with Gasteiger partial charge in [0.05, 0.1) is 13.1 Å². The molecule has 2 aromatic rings. The molecule has 1 aromatic heterocycles. The molecule has 1 aliphatic rings. The summed E-state index contributed by atoms with van der Waals surface area (Å²) in [5, 5.41) is 7.19. The highest BCUT2D eigenvalue weighted by Gasteiger charge is 2.19. The Balaban J connectivity index is 1.78. The molecule has 2 heterocycles. The Morgan fingerprint density at radius 1 is 1.24 bits per heavy atom. The summed E-state index contributed by atoms with van der Waals surface area (Å²) in [5.74, 6) is 0.824. The molecular formula is C16H19N3O2. The molecule has 1 saturated heterocycles. The number of nitrogens with zero attached hydrogens (tertiary/aromatic N) is 2. The summed E-state index contributed by atoms with van der Waals surface area (Å²) in [5.41, 5.74) is 4.27. The Hall–Kier alpha value is -2.14. The first-order valence-electron chi connectivity index (χ1n) is 7.14. The van der Waals surface area contributed by atoms with Gasteiger partial charge < -0.3 is 14.7 Å². The van der Waals surface area contributed by atoms with Gasteiger partial charge in [-0.25, -0.2) is 0 Å². The summed E-state index contributed by atoms with van der Waals surface area (Å²) < 4.78 is 5.39. The standard InChI is InChI=1S/C16H19N3O2/c1-11-5-12(2)7-13(6-11)15-8-14(21-18-15)10-19-4-3-17-9-16(19)20/h5-8,17H,3-4,9-10H2,1-2H3. The van der Waals surface area contributed by atoms with E-state index in [1.165, 1.54) is 11.1 Å². The maximum atomic E-state index is 11.8. The average Bonchev–Trinajstić information content (AvgIpc) is 2.89. The van der Waals surface area contributed by atoms with Crippen molar-refractivity contribution in [1.82, 2.24) is 15.4 Å². The quantitative estimate of drug-likeness (QED) is 0.935. The zero-order valence-electron chi connectivity index (χ0n) is 12.3. The summed E-state index contributed by atoms with van der Waals surface area (Å²) in [6.07, 6.45) is 0. The van der Waals surface area contributed by atoms with Crippen LogP contribution in [0.3, 0.4) is 0 Å². The number of carbonyl (C=O) groups is 1. The van der Waals surface area contributed by atoms with Gasteiger partial charge in [0.1, 0.15) is 5.69 Å². The molecule has 0 aliphatic carbocycles. The second-order valence-electron chi connectivity index (χ2n) is 5.55. The van der Waals surface area contributed by atoms with Crippen LogP contribution in [0.25, 0.3) is 11.3 Å². The molecule has 1 amide bonds. The van der Waals surface area contributed by atoms with E-state index in [0.29, 0.717) is 19.6 Å². The third-order valence-electron chi connectivity index (χ3n) is 3.61. The van der Waals surface area contributed by atoms with Crippen molar-refractivity contribution in [2.45, 2.75) is 20.4 Å². The number of aromatic nitrogens is 1. The van der Waals surface area contributed by atoms with Gasteiger partial charge in [0.2, 0.25) is 5.91 Å². The second kappa shape index (κ2) is 5.69. The Kier molecular flexibility index (Phi) is 3.75. The molecule has 5 heteroatoms. The lowest BCUT2D eigenvalue weighted by Crippen LogP contribution is -2.47. The highest BCUT2D eigenvalue weighted by Crippen LogP contribution is 2.22. The summed E-state index contributed by atoms with van der Waals surface area (Å²) in [6, 6.07) is 8.22. The number of rotatable bonds is 3. The normalized spacial score (nSPS) is 15.5. The van der Waals surface area contributed by atoms with E-state index in [0.717, 1.165) is 23.6 Å². The zero-order chi connectivity index (χ0) is 14.8. The van der Waals surface area contributed by atoms with Gasteiger partial charge in [0.15, 0.2) is 5.76 Å². The lowest BCUT2D eigenvalue weighted by Gasteiger charge is -2.26. The molecular weight excluding hydrogens is 266 g/mol. The van der Waals surface area contributed by atoms with Crippen molar-refractivity contribution in [1.29, 1.82) is 0 Å². The first-order chi connectivity index (χ1) is 10.1. The fraction of sp³-hybridized carbons (Fsp3) is 0.375. The van der Waals surface area contributed by atoms with E-state index < -0.39 is 0 Å². The first kappa shape index (κ1) is 13.8. The monoisotopic (exact) mass is 285 g/mol. The van der Waals surface area contributed by atoms with Crippen LogP contribution >= 0.6 is 0 Å². The van der Waals surface area contributed by atoms with Crippen LogP contribution in [0.2, 0.25) is 0 Å². The minimum Gasteiger partial charge on any atom is -0.359 e.